The predicted molar refractivity (Wildman–Crippen MR) is 67.9 cm³/mol. The number of benzene rings is 1. The molecule has 0 aliphatic heterocycles. The second kappa shape index (κ2) is 6.12. The van der Waals surface area contributed by atoms with Crippen LogP contribution in [0.2, 0.25) is 0 Å². The van der Waals surface area contributed by atoms with Crippen LogP contribution < -0.4 is 0 Å². The molecule has 7 nitrogen and oxygen atoms in total. The van der Waals surface area contributed by atoms with Crippen molar-refractivity contribution < 1.29 is 9.36 Å². The smallest absolute Gasteiger partial charge is 0.267 e. The van der Waals surface area contributed by atoms with E-state index in [4.69, 9.17) is 19.9 Å². The third-order valence-corrected chi connectivity index (χ3v) is 2.30. The summed E-state index contributed by atoms with van der Waals surface area (Å²) in [5.41, 5.74) is 1.55. The summed E-state index contributed by atoms with van der Waals surface area (Å²) in [6.45, 7) is 1.86. The van der Waals surface area contributed by atoms with Gasteiger partial charge in [-0.25, -0.2) is 0 Å². The van der Waals surface area contributed by atoms with Crippen molar-refractivity contribution in [3.05, 3.63) is 35.7 Å². The minimum atomic E-state index is -0.372. The summed E-state index contributed by atoms with van der Waals surface area (Å²) >= 11 is 0. The largest absolute Gasteiger partial charge is 0.384 e. The number of oxime groups is 1. The Kier molecular flexibility index (Phi) is 4.05. The molecule has 7 heteroatoms. The summed E-state index contributed by atoms with van der Waals surface area (Å²) in [5.74, 6) is 0.651. The summed E-state index contributed by atoms with van der Waals surface area (Å²) in [7, 11) is 0. The summed E-state index contributed by atoms with van der Waals surface area (Å²) in [6, 6.07) is 10.8. The summed E-state index contributed by atoms with van der Waals surface area (Å²) in [5, 5.41) is 24.1. The van der Waals surface area contributed by atoms with Crippen LogP contribution >= 0.6 is 0 Å². The Hall–Kier alpha value is -3.19. The van der Waals surface area contributed by atoms with Gasteiger partial charge in [0.25, 0.3) is 11.6 Å². The zero-order valence-electron chi connectivity index (χ0n) is 10.6. The highest BCUT2D eigenvalue weighted by Gasteiger charge is 2.09. The van der Waals surface area contributed by atoms with Crippen molar-refractivity contribution in [3.8, 4) is 23.5 Å². The normalized spacial score (nSPS) is 9.35. The molecule has 1 heterocycles. The van der Waals surface area contributed by atoms with Crippen molar-refractivity contribution in [1.82, 2.24) is 10.1 Å². The molecule has 0 N–H and O–H groups in total. The van der Waals surface area contributed by atoms with Gasteiger partial charge in [0, 0.05) is 5.56 Å². The molecule has 0 atom stereocenters. The average molecular weight is 267 g/mol. The zero-order chi connectivity index (χ0) is 14.4. The van der Waals surface area contributed by atoms with Crippen LogP contribution in [-0.4, -0.2) is 15.9 Å². The fraction of sp³-hybridized carbons (Fsp3) is 0.154. The number of rotatable bonds is 4. The third kappa shape index (κ3) is 3.18. The quantitative estimate of drug-likeness (QED) is 0.618. The first-order chi connectivity index (χ1) is 9.72. The molecule has 98 valence electrons. The number of aromatic nitrogens is 2. The Morgan fingerprint density at radius 1 is 1.40 bits per heavy atom. The molecular formula is C13H9N5O2. The van der Waals surface area contributed by atoms with Crippen LogP contribution in [0.4, 0.5) is 0 Å². The van der Waals surface area contributed by atoms with Gasteiger partial charge in [-0.2, -0.15) is 15.5 Å². The average Bonchev–Trinajstić information content (AvgIpc) is 2.92. The van der Waals surface area contributed by atoms with Crippen LogP contribution in [0.15, 0.2) is 33.9 Å². The van der Waals surface area contributed by atoms with Crippen LogP contribution in [-0.2, 0) is 11.4 Å². The molecule has 0 fully saturated rings. The Morgan fingerprint density at radius 2 is 2.20 bits per heavy atom. The van der Waals surface area contributed by atoms with E-state index in [9.17, 15) is 0 Å². The maximum atomic E-state index is 8.47. The Balaban J connectivity index is 2.05. The molecular weight excluding hydrogens is 258 g/mol. The maximum Gasteiger partial charge on any atom is 0.267 e. The Bertz CT molecular complexity index is 705. The monoisotopic (exact) mass is 267 g/mol. The van der Waals surface area contributed by atoms with E-state index < -0.39 is 0 Å². The van der Waals surface area contributed by atoms with Gasteiger partial charge in [0.05, 0.1) is 0 Å². The fourth-order valence-corrected chi connectivity index (χ4v) is 1.43. The molecule has 0 saturated heterocycles. The lowest BCUT2D eigenvalue weighted by Crippen LogP contribution is -1.93. The predicted octanol–water partition coefficient (Wildman–Crippen LogP) is 1.96. The highest BCUT2D eigenvalue weighted by molar-refractivity contribution is 6.09. The van der Waals surface area contributed by atoms with E-state index >= 15 is 0 Å². The van der Waals surface area contributed by atoms with Crippen LogP contribution in [0.5, 0.6) is 0 Å². The first-order valence-electron chi connectivity index (χ1n) is 5.62. The van der Waals surface area contributed by atoms with E-state index in [2.05, 4.69) is 15.3 Å². The maximum absolute atomic E-state index is 8.47. The first kappa shape index (κ1) is 13.2. The molecule has 0 spiro atoms. The van der Waals surface area contributed by atoms with Crippen molar-refractivity contribution in [2.75, 3.05) is 0 Å². The van der Waals surface area contributed by atoms with Gasteiger partial charge >= 0.3 is 0 Å². The number of nitriles is 2. The second-order valence-corrected chi connectivity index (χ2v) is 3.82. The molecule has 1 aromatic carbocycles. The van der Waals surface area contributed by atoms with Crippen molar-refractivity contribution in [2.45, 2.75) is 13.5 Å². The highest BCUT2D eigenvalue weighted by atomic mass is 16.6. The minimum absolute atomic E-state index is 0.105. The minimum Gasteiger partial charge on any atom is -0.384 e. The molecule has 0 unspecified atom stereocenters. The van der Waals surface area contributed by atoms with Gasteiger partial charge in [0.15, 0.2) is 6.61 Å². The highest BCUT2D eigenvalue weighted by Crippen LogP contribution is 2.17. The second-order valence-electron chi connectivity index (χ2n) is 3.82. The van der Waals surface area contributed by atoms with E-state index in [1.54, 1.807) is 12.1 Å². The summed E-state index contributed by atoms with van der Waals surface area (Å²) < 4.78 is 4.99. The number of aryl methyl sites for hydroxylation is 1. The Morgan fingerprint density at radius 3 is 2.90 bits per heavy atom. The summed E-state index contributed by atoms with van der Waals surface area (Å²) in [4.78, 5) is 8.92. The molecule has 2 rings (SSSR count). The van der Waals surface area contributed by atoms with Crippen molar-refractivity contribution in [1.29, 1.82) is 10.5 Å². The number of nitrogens with zero attached hydrogens (tertiary/aromatic N) is 5. The molecule has 20 heavy (non-hydrogen) atoms. The van der Waals surface area contributed by atoms with Gasteiger partial charge in [0.2, 0.25) is 5.82 Å². The summed E-state index contributed by atoms with van der Waals surface area (Å²) in [6.07, 6.45) is 0. The van der Waals surface area contributed by atoms with Gasteiger partial charge in [0.1, 0.15) is 12.1 Å². The van der Waals surface area contributed by atoms with Crippen molar-refractivity contribution >= 4 is 5.71 Å². The Labute approximate surface area is 114 Å². The molecule has 0 saturated carbocycles. The van der Waals surface area contributed by atoms with E-state index in [0.29, 0.717) is 5.82 Å². The third-order valence-electron chi connectivity index (χ3n) is 2.30. The number of hydrogen-bond acceptors (Lipinski definition) is 7. The van der Waals surface area contributed by atoms with Crippen molar-refractivity contribution in [2.24, 2.45) is 5.16 Å². The van der Waals surface area contributed by atoms with Gasteiger partial charge in [-0.1, -0.05) is 34.1 Å². The van der Waals surface area contributed by atoms with Crippen LogP contribution in [0.3, 0.4) is 0 Å². The van der Waals surface area contributed by atoms with E-state index in [1.165, 1.54) is 0 Å². The lowest BCUT2D eigenvalue weighted by molar-refractivity contribution is 0.106. The SMILES string of the molecule is Cc1cccc(-c2noc(CON=C(C#N)C#N)n2)c1. The zero-order valence-corrected chi connectivity index (χ0v) is 10.6. The standard InChI is InChI=1S/C13H9N5O2/c1-9-3-2-4-10(5-9)13-16-12(20-18-13)8-19-17-11(6-14)7-15/h2-5H,8H2,1H3. The van der Waals surface area contributed by atoms with Crippen LogP contribution in [0.1, 0.15) is 11.5 Å². The topological polar surface area (TPSA) is 108 Å². The van der Waals surface area contributed by atoms with E-state index in [-0.39, 0.29) is 18.2 Å². The van der Waals surface area contributed by atoms with E-state index in [1.807, 2.05) is 31.2 Å². The first-order valence-corrected chi connectivity index (χ1v) is 5.62. The van der Waals surface area contributed by atoms with Gasteiger partial charge in [-0.15, -0.1) is 0 Å². The molecule has 0 bridgehead atoms. The van der Waals surface area contributed by atoms with Gasteiger partial charge in [-0.05, 0) is 13.0 Å². The molecule has 1 aromatic heterocycles. The number of hydrogen-bond donors (Lipinski definition) is 0. The molecule has 0 radical (unpaired) electrons. The lowest BCUT2D eigenvalue weighted by Gasteiger charge is -1.95. The van der Waals surface area contributed by atoms with E-state index in [0.717, 1.165) is 11.1 Å². The lowest BCUT2D eigenvalue weighted by atomic mass is 10.1. The molecule has 0 aliphatic rings. The molecule has 0 amide bonds. The fourth-order valence-electron chi connectivity index (χ4n) is 1.43. The van der Waals surface area contributed by atoms with Crippen LogP contribution in [0.25, 0.3) is 11.4 Å². The molecule has 2 aromatic rings. The van der Waals surface area contributed by atoms with Crippen LogP contribution in [0, 0.1) is 29.6 Å². The van der Waals surface area contributed by atoms with Gasteiger partial charge < -0.3 is 9.36 Å². The van der Waals surface area contributed by atoms with Gasteiger partial charge in [-0.3, -0.25) is 0 Å². The van der Waals surface area contributed by atoms with Crippen molar-refractivity contribution in [3.63, 3.8) is 0 Å². The molecule has 0 aliphatic carbocycles.